The summed E-state index contributed by atoms with van der Waals surface area (Å²) in [6.45, 7) is 3.49. The predicted octanol–water partition coefficient (Wildman–Crippen LogP) is 0.535. The van der Waals surface area contributed by atoms with Gasteiger partial charge in [0, 0.05) is 11.5 Å². The molecule has 0 aliphatic rings. The molecule has 0 saturated heterocycles. The van der Waals surface area contributed by atoms with Gasteiger partial charge in [-0.15, -0.1) is 0 Å². The first kappa shape index (κ1) is 12.3. The van der Waals surface area contributed by atoms with Gasteiger partial charge < -0.3 is 5.11 Å². The molecule has 12 heavy (non-hydrogen) atoms. The molecule has 0 fully saturated rings. The average Bonchev–Trinajstić information content (AvgIpc) is 1.98. The van der Waals surface area contributed by atoms with Crippen molar-refractivity contribution in [1.82, 2.24) is 0 Å². The summed E-state index contributed by atoms with van der Waals surface area (Å²) in [5.74, 6) is 1.42. The molecule has 0 aromatic carbocycles. The molecule has 0 atom stereocenters. The summed E-state index contributed by atoms with van der Waals surface area (Å²) in [7, 11) is -2.88. The van der Waals surface area contributed by atoms with Crippen molar-refractivity contribution < 1.29 is 13.5 Å². The Morgan fingerprint density at radius 3 is 2.33 bits per heavy atom. The summed E-state index contributed by atoms with van der Waals surface area (Å²) in [6, 6.07) is 0. The van der Waals surface area contributed by atoms with Gasteiger partial charge in [-0.3, -0.25) is 0 Å². The van der Waals surface area contributed by atoms with E-state index in [0.29, 0.717) is 11.5 Å². The van der Waals surface area contributed by atoms with E-state index in [2.05, 4.69) is 0 Å². The number of sulfone groups is 1. The fraction of sp³-hybridized carbons (Fsp3) is 1.00. The van der Waals surface area contributed by atoms with Crippen molar-refractivity contribution >= 4 is 21.6 Å². The van der Waals surface area contributed by atoms with Crippen LogP contribution in [0.3, 0.4) is 0 Å². The molecular formula is C7H16O3S2. The van der Waals surface area contributed by atoms with E-state index in [4.69, 9.17) is 5.11 Å². The quantitative estimate of drug-likeness (QED) is 0.653. The Bertz CT molecular complexity index is 197. The summed E-state index contributed by atoms with van der Waals surface area (Å²) in [4.78, 5) is 0. The summed E-state index contributed by atoms with van der Waals surface area (Å²) in [5, 5.41) is 8.15. The maximum atomic E-state index is 11.2. The third-order valence-electron chi connectivity index (χ3n) is 1.47. The summed E-state index contributed by atoms with van der Waals surface area (Å²) in [6.07, 6.45) is 0. The predicted molar refractivity (Wildman–Crippen MR) is 53.3 cm³/mol. The Balaban J connectivity index is 3.63. The topological polar surface area (TPSA) is 54.4 Å². The fourth-order valence-electron chi connectivity index (χ4n) is 0.577. The molecule has 0 amide bonds. The number of aliphatic hydroxyl groups excluding tert-OH is 1. The molecule has 0 aliphatic heterocycles. The molecule has 0 unspecified atom stereocenters. The van der Waals surface area contributed by atoms with Crippen LogP contribution in [0.4, 0.5) is 0 Å². The average molecular weight is 212 g/mol. The van der Waals surface area contributed by atoms with Gasteiger partial charge in [0.05, 0.1) is 17.6 Å². The second-order valence-corrected chi connectivity index (χ2v) is 6.65. The van der Waals surface area contributed by atoms with Crippen molar-refractivity contribution in [3.05, 3.63) is 0 Å². The van der Waals surface area contributed by atoms with Crippen LogP contribution in [-0.2, 0) is 9.84 Å². The molecule has 0 bridgehead atoms. The van der Waals surface area contributed by atoms with Crippen molar-refractivity contribution in [2.24, 2.45) is 0 Å². The first-order valence-corrected chi connectivity index (χ1v) is 6.78. The van der Waals surface area contributed by atoms with Gasteiger partial charge in [0.15, 0.2) is 9.84 Å². The molecule has 0 spiro atoms. The summed E-state index contributed by atoms with van der Waals surface area (Å²) >= 11 is 1.47. The third-order valence-corrected chi connectivity index (χ3v) is 4.90. The molecule has 0 heterocycles. The monoisotopic (exact) mass is 212 g/mol. The number of hydrogen-bond donors (Lipinski definition) is 1. The van der Waals surface area contributed by atoms with E-state index in [1.807, 2.05) is 0 Å². The van der Waals surface area contributed by atoms with Crippen LogP contribution in [0.1, 0.15) is 13.8 Å². The van der Waals surface area contributed by atoms with Gasteiger partial charge in [-0.2, -0.15) is 11.8 Å². The Hall–Kier alpha value is 0.260. The van der Waals surface area contributed by atoms with Crippen molar-refractivity contribution in [3.8, 4) is 0 Å². The van der Waals surface area contributed by atoms with E-state index in [9.17, 15) is 8.42 Å². The Labute approximate surface area is 78.5 Å². The van der Waals surface area contributed by atoms with E-state index in [1.54, 1.807) is 13.8 Å². The standard InChI is InChI=1S/C7H16O3S2/c1-7(2)12(9,10)6-5-11-4-3-8/h7-8H,3-6H2,1-2H3. The number of thioether (sulfide) groups is 1. The van der Waals surface area contributed by atoms with Gasteiger partial charge in [-0.1, -0.05) is 0 Å². The Morgan fingerprint density at radius 2 is 1.92 bits per heavy atom. The third kappa shape index (κ3) is 5.00. The van der Waals surface area contributed by atoms with E-state index in [0.717, 1.165) is 0 Å². The van der Waals surface area contributed by atoms with Crippen molar-refractivity contribution in [1.29, 1.82) is 0 Å². The molecule has 0 rings (SSSR count). The molecule has 1 N–H and O–H groups in total. The molecule has 0 aromatic rings. The summed E-state index contributed by atoms with van der Waals surface area (Å²) in [5.41, 5.74) is 0. The van der Waals surface area contributed by atoms with Crippen molar-refractivity contribution in [2.45, 2.75) is 19.1 Å². The van der Waals surface area contributed by atoms with Crippen LogP contribution in [0.15, 0.2) is 0 Å². The highest BCUT2D eigenvalue weighted by molar-refractivity contribution is 8.00. The van der Waals surface area contributed by atoms with Gasteiger partial charge in [-0.25, -0.2) is 8.42 Å². The highest BCUT2D eigenvalue weighted by Gasteiger charge is 2.14. The Kier molecular flexibility index (Phi) is 5.96. The molecular weight excluding hydrogens is 196 g/mol. The van der Waals surface area contributed by atoms with Gasteiger partial charge in [0.2, 0.25) is 0 Å². The largest absolute Gasteiger partial charge is 0.396 e. The van der Waals surface area contributed by atoms with E-state index >= 15 is 0 Å². The molecule has 5 heteroatoms. The number of aliphatic hydroxyl groups is 1. The van der Waals surface area contributed by atoms with E-state index in [1.165, 1.54) is 11.8 Å². The van der Waals surface area contributed by atoms with Crippen LogP contribution in [0.25, 0.3) is 0 Å². The second-order valence-electron chi connectivity index (χ2n) is 2.75. The molecule has 74 valence electrons. The highest BCUT2D eigenvalue weighted by Crippen LogP contribution is 2.05. The van der Waals surface area contributed by atoms with Crippen LogP contribution in [0.5, 0.6) is 0 Å². The zero-order chi connectivity index (χ0) is 9.61. The van der Waals surface area contributed by atoms with Crippen LogP contribution < -0.4 is 0 Å². The molecule has 0 aromatic heterocycles. The SMILES string of the molecule is CC(C)S(=O)(=O)CCSCCO. The maximum Gasteiger partial charge on any atom is 0.153 e. The highest BCUT2D eigenvalue weighted by atomic mass is 32.2. The number of hydrogen-bond acceptors (Lipinski definition) is 4. The van der Waals surface area contributed by atoms with Crippen molar-refractivity contribution in [2.75, 3.05) is 23.9 Å². The summed E-state index contributed by atoms with van der Waals surface area (Å²) < 4.78 is 22.4. The van der Waals surface area contributed by atoms with Crippen LogP contribution in [0, 0.1) is 0 Å². The minimum absolute atomic E-state index is 0.117. The fourth-order valence-corrected chi connectivity index (χ4v) is 2.78. The smallest absolute Gasteiger partial charge is 0.153 e. The van der Waals surface area contributed by atoms with Gasteiger partial charge in [0.1, 0.15) is 0 Å². The Morgan fingerprint density at radius 1 is 1.33 bits per heavy atom. The lowest BCUT2D eigenvalue weighted by Crippen LogP contribution is -2.19. The molecule has 0 radical (unpaired) electrons. The minimum Gasteiger partial charge on any atom is -0.396 e. The van der Waals surface area contributed by atoms with E-state index in [-0.39, 0.29) is 17.6 Å². The van der Waals surface area contributed by atoms with Gasteiger partial charge in [0.25, 0.3) is 0 Å². The van der Waals surface area contributed by atoms with Crippen LogP contribution in [0.2, 0.25) is 0 Å². The number of rotatable bonds is 6. The lowest BCUT2D eigenvalue weighted by Gasteiger charge is -2.06. The van der Waals surface area contributed by atoms with Gasteiger partial charge >= 0.3 is 0 Å². The van der Waals surface area contributed by atoms with Crippen molar-refractivity contribution in [3.63, 3.8) is 0 Å². The molecule has 3 nitrogen and oxygen atoms in total. The second kappa shape index (κ2) is 5.83. The zero-order valence-electron chi connectivity index (χ0n) is 7.49. The lowest BCUT2D eigenvalue weighted by atomic mass is 10.6. The molecule has 0 aliphatic carbocycles. The van der Waals surface area contributed by atoms with E-state index < -0.39 is 9.84 Å². The molecule has 0 saturated carbocycles. The maximum absolute atomic E-state index is 11.2. The van der Waals surface area contributed by atoms with Crippen LogP contribution in [-0.4, -0.2) is 42.6 Å². The lowest BCUT2D eigenvalue weighted by molar-refractivity contribution is 0.322. The first-order valence-electron chi connectivity index (χ1n) is 3.91. The first-order chi connectivity index (χ1) is 5.50. The zero-order valence-corrected chi connectivity index (χ0v) is 9.12. The minimum atomic E-state index is -2.88. The van der Waals surface area contributed by atoms with Gasteiger partial charge in [-0.05, 0) is 13.8 Å². The van der Waals surface area contributed by atoms with Crippen LogP contribution >= 0.6 is 11.8 Å². The normalized spacial score (nSPS) is 12.3.